The number of carbonyl (C=O) groups is 2. The van der Waals surface area contributed by atoms with Gasteiger partial charge in [0.15, 0.2) is 0 Å². The van der Waals surface area contributed by atoms with E-state index in [1.54, 1.807) is 67.6 Å². The molecular weight excluding hydrogens is 633 g/mol. The number of likely N-dealkylation sites (N-methyl/N-ethyl adjacent to an activating group) is 1. The fourth-order valence-electron chi connectivity index (χ4n) is 4.82. The zero-order valence-corrected chi connectivity index (χ0v) is 27.4. The van der Waals surface area contributed by atoms with Crippen LogP contribution in [-0.2, 0) is 32.6 Å². The van der Waals surface area contributed by atoms with Gasteiger partial charge in [0.05, 0.1) is 17.2 Å². The highest BCUT2D eigenvalue weighted by molar-refractivity contribution is 7.92. The summed E-state index contributed by atoms with van der Waals surface area (Å²) in [6.07, 6.45) is 0.176. The van der Waals surface area contributed by atoms with Crippen LogP contribution in [0.3, 0.4) is 0 Å². The van der Waals surface area contributed by atoms with E-state index in [0.717, 1.165) is 9.87 Å². The van der Waals surface area contributed by atoms with Gasteiger partial charge >= 0.3 is 0 Å². The van der Waals surface area contributed by atoms with E-state index in [2.05, 4.69) is 5.32 Å². The number of hydrogen-bond acceptors (Lipinski definition) is 5. The Morgan fingerprint density at radius 2 is 1.42 bits per heavy atom. The Balaban J connectivity index is 1.82. The van der Waals surface area contributed by atoms with Crippen LogP contribution in [0.15, 0.2) is 108 Å². The second-order valence-electron chi connectivity index (χ2n) is 10.1. The molecule has 45 heavy (non-hydrogen) atoms. The molecule has 0 heterocycles. The molecule has 0 bridgehead atoms. The fourth-order valence-corrected chi connectivity index (χ4v) is 6.78. The monoisotopic (exact) mass is 667 g/mol. The Kier molecular flexibility index (Phi) is 11.9. The molecule has 0 saturated heterocycles. The molecule has 4 rings (SSSR count). The lowest BCUT2D eigenvalue weighted by atomic mass is 10.0. The third kappa shape index (κ3) is 8.57. The van der Waals surface area contributed by atoms with Gasteiger partial charge in [-0.1, -0.05) is 77.8 Å². The van der Waals surface area contributed by atoms with Gasteiger partial charge in [0.2, 0.25) is 11.8 Å². The first-order valence-electron chi connectivity index (χ1n) is 14.5. The van der Waals surface area contributed by atoms with Gasteiger partial charge < -0.3 is 15.0 Å². The number of hydrogen-bond donors (Lipinski definition) is 1. The second-order valence-corrected chi connectivity index (χ2v) is 12.8. The summed E-state index contributed by atoms with van der Waals surface area (Å²) >= 11 is 13.1. The van der Waals surface area contributed by atoms with E-state index < -0.39 is 34.4 Å². The minimum absolute atomic E-state index is 0.0111. The molecule has 0 aromatic heterocycles. The van der Waals surface area contributed by atoms with Crippen LogP contribution in [0.2, 0.25) is 10.0 Å². The van der Waals surface area contributed by atoms with Gasteiger partial charge in [0, 0.05) is 35.1 Å². The summed E-state index contributed by atoms with van der Waals surface area (Å²) < 4.78 is 34.7. The van der Waals surface area contributed by atoms with Crippen LogP contribution in [0.25, 0.3) is 0 Å². The number of nitrogens with zero attached hydrogens (tertiary/aromatic N) is 2. The normalized spacial score (nSPS) is 11.8. The van der Waals surface area contributed by atoms with Gasteiger partial charge in [0.25, 0.3) is 10.0 Å². The lowest BCUT2D eigenvalue weighted by Gasteiger charge is -2.34. The Morgan fingerprint density at radius 3 is 2.00 bits per heavy atom. The third-order valence-corrected chi connectivity index (χ3v) is 9.55. The molecule has 236 valence electrons. The topological polar surface area (TPSA) is 96.0 Å². The van der Waals surface area contributed by atoms with Gasteiger partial charge in [-0.25, -0.2) is 8.42 Å². The van der Waals surface area contributed by atoms with Gasteiger partial charge in [-0.05, 0) is 67.9 Å². The smallest absolute Gasteiger partial charge is 0.264 e. The van der Waals surface area contributed by atoms with E-state index in [1.807, 2.05) is 37.3 Å². The van der Waals surface area contributed by atoms with Crippen molar-refractivity contribution in [3.8, 4) is 5.75 Å². The van der Waals surface area contributed by atoms with E-state index in [-0.39, 0.29) is 23.5 Å². The predicted molar refractivity (Wildman–Crippen MR) is 178 cm³/mol. The summed E-state index contributed by atoms with van der Waals surface area (Å²) in [5.74, 6) is -0.457. The molecule has 8 nitrogen and oxygen atoms in total. The van der Waals surface area contributed by atoms with Crippen molar-refractivity contribution in [2.75, 3.05) is 24.0 Å². The molecule has 2 amide bonds. The molecule has 1 N–H and O–H groups in total. The summed E-state index contributed by atoms with van der Waals surface area (Å²) in [7, 11) is -4.22. The van der Waals surface area contributed by atoms with Crippen molar-refractivity contribution in [1.29, 1.82) is 0 Å². The van der Waals surface area contributed by atoms with Crippen molar-refractivity contribution < 1.29 is 22.7 Å². The lowest BCUT2D eigenvalue weighted by Crippen LogP contribution is -2.53. The Hall–Kier alpha value is -4.05. The largest absolute Gasteiger partial charge is 0.494 e. The van der Waals surface area contributed by atoms with Crippen molar-refractivity contribution >= 4 is 50.7 Å². The summed E-state index contributed by atoms with van der Waals surface area (Å²) in [6.45, 7) is 3.67. The molecule has 4 aromatic carbocycles. The molecule has 4 aromatic rings. The summed E-state index contributed by atoms with van der Waals surface area (Å²) in [4.78, 5) is 29.4. The van der Waals surface area contributed by atoms with Crippen molar-refractivity contribution in [2.45, 2.75) is 37.8 Å². The number of carbonyl (C=O) groups excluding carboxylic acids is 2. The maximum Gasteiger partial charge on any atom is 0.264 e. The minimum atomic E-state index is -4.22. The molecule has 0 radical (unpaired) electrons. The molecule has 1 atom stereocenters. The van der Waals surface area contributed by atoms with Gasteiger partial charge in [-0.2, -0.15) is 0 Å². The molecular formula is C34H35Cl2N3O5S. The number of halogens is 2. The summed E-state index contributed by atoms with van der Waals surface area (Å²) in [6, 6.07) is 27.6. The number of sulfonamides is 1. The van der Waals surface area contributed by atoms with E-state index >= 15 is 0 Å². The Bertz CT molecular complexity index is 1670. The van der Waals surface area contributed by atoms with Crippen molar-refractivity contribution in [2.24, 2.45) is 0 Å². The van der Waals surface area contributed by atoms with Gasteiger partial charge in [0.1, 0.15) is 18.3 Å². The van der Waals surface area contributed by atoms with Crippen LogP contribution in [0.1, 0.15) is 25.0 Å². The minimum Gasteiger partial charge on any atom is -0.494 e. The standard InChI is InChI=1S/C34H35Cl2N3O5S/c1-3-37-34(41)32(22-25-12-7-5-8-13-25)38(23-29-30(35)16-11-17-31(29)36)33(40)24-39(26-18-20-27(21-19-26)44-4-2)45(42,43)28-14-9-6-10-15-28/h5-21,32H,3-4,22-24H2,1-2H3,(H,37,41)/t32-/m1/s1. The number of rotatable bonds is 14. The Labute approximate surface area is 274 Å². The van der Waals surface area contributed by atoms with Crippen LogP contribution in [-0.4, -0.2) is 50.9 Å². The highest BCUT2D eigenvalue weighted by Crippen LogP contribution is 2.29. The van der Waals surface area contributed by atoms with E-state index in [4.69, 9.17) is 27.9 Å². The van der Waals surface area contributed by atoms with Gasteiger partial charge in [-0.3, -0.25) is 13.9 Å². The predicted octanol–water partition coefficient (Wildman–Crippen LogP) is 6.36. The average molecular weight is 669 g/mol. The van der Waals surface area contributed by atoms with E-state index in [0.29, 0.717) is 34.5 Å². The first-order chi connectivity index (χ1) is 21.6. The van der Waals surface area contributed by atoms with E-state index in [1.165, 1.54) is 17.0 Å². The second kappa shape index (κ2) is 15.8. The first-order valence-corrected chi connectivity index (χ1v) is 16.7. The number of amides is 2. The molecule has 0 saturated carbocycles. The van der Waals surface area contributed by atoms with Gasteiger partial charge in [-0.15, -0.1) is 0 Å². The van der Waals surface area contributed by atoms with Crippen molar-refractivity contribution in [1.82, 2.24) is 10.2 Å². The van der Waals surface area contributed by atoms with Crippen LogP contribution in [0, 0.1) is 0 Å². The third-order valence-electron chi connectivity index (χ3n) is 7.06. The summed E-state index contributed by atoms with van der Waals surface area (Å²) in [5.41, 5.74) is 1.51. The molecule has 0 aliphatic carbocycles. The Morgan fingerprint density at radius 1 is 0.822 bits per heavy atom. The molecule has 0 unspecified atom stereocenters. The number of benzene rings is 4. The van der Waals surface area contributed by atoms with E-state index in [9.17, 15) is 18.0 Å². The SMILES string of the molecule is CCNC(=O)[C@@H](Cc1ccccc1)N(Cc1c(Cl)cccc1Cl)C(=O)CN(c1ccc(OCC)cc1)S(=O)(=O)c1ccccc1. The summed E-state index contributed by atoms with van der Waals surface area (Å²) in [5, 5.41) is 3.46. The highest BCUT2D eigenvalue weighted by atomic mass is 35.5. The zero-order chi connectivity index (χ0) is 32.4. The molecule has 0 aliphatic rings. The van der Waals surface area contributed by atoms with Crippen LogP contribution in [0.5, 0.6) is 5.75 Å². The lowest BCUT2D eigenvalue weighted by molar-refractivity contribution is -0.140. The maximum absolute atomic E-state index is 14.5. The number of nitrogens with one attached hydrogen (secondary N) is 1. The molecule has 0 aliphatic heterocycles. The average Bonchev–Trinajstić information content (AvgIpc) is 3.04. The zero-order valence-electron chi connectivity index (χ0n) is 25.0. The van der Waals surface area contributed by atoms with Crippen LogP contribution in [0.4, 0.5) is 5.69 Å². The fraction of sp³-hybridized carbons (Fsp3) is 0.235. The highest BCUT2D eigenvalue weighted by Gasteiger charge is 2.35. The van der Waals surface area contributed by atoms with Crippen molar-refractivity contribution in [3.05, 3.63) is 124 Å². The quantitative estimate of drug-likeness (QED) is 0.169. The maximum atomic E-state index is 14.5. The molecule has 0 spiro atoms. The molecule has 11 heteroatoms. The number of ether oxygens (including phenoxy) is 1. The number of anilines is 1. The van der Waals surface area contributed by atoms with Crippen LogP contribution >= 0.6 is 23.2 Å². The van der Waals surface area contributed by atoms with Crippen LogP contribution < -0.4 is 14.4 Å². The van der Waals surface area contributed by atoms with Crippen molar-refractivity contribution in [3.63, 3.8) is 0 Å². The first kappa shape index (κ1) is 33.8. The molecule has 0 fully saturated rings.